The van der Waals surface area contributed by atoms with Gasteiger partial charge in [0.2, 0.25) is 11.8 Å². The Labute approximate surface area is 144 Å². The Hall–Kier alpha value is -2.60. The monoisotopic (exact) mass is 345 g/mol. The third kappa shape index (κ3) is 3.49. The smallest absolute Gasteiger partial charge is 0.230 e. The van der Waals surface area contributed by atoms with E-state index in [9.17, 15) is 9.59 Å². The Bertz CT molecular complexity index is 764. The topological polar surface area (TPSA) is 71.5 Å². The molecule has 1 saturated heterocycles. The molecule has 0 unspecified atom stereocenters. The summed E-state index contributed by atoms with van der Waals surface area (Å²) in [5.41, 5.74) is 0.722. The van der Waals surface area contributed by atoms with Gasteiger partial charge in [0.25, 0.3) is 0 Å². The first kappa shape index (κ1) is 16.3. The normalized spacial score (nSPS) is 17.0. The number of halogens is 1. The first-order valence-electron chi connectivity index (χ1n) is 7.43. The van der Waals surface area contributed by atoms with Crippen LogP contribution in [-0.2, 0) is 9.59 Å². The van der Waals surface area contributed by atoms with Gasteiger partial charge in [-0.25, -0.2) is 4.98 Å². The number of nitrogens with zero attached hydrogens (tertiary/aromatic N) is 2. The van der Waals surface area contributed by atoms with E-state index in [4.69, 9.17) is 16.3 Å². The highest BCUT2D eigenvalue weighted by Gasteiger charge is 2.35. The van der Waals surface area contributed by atoms with Crippen LogP contribution in [0.2, 0.25) is 5.02 Å². The predicted molar refractivity (Wildman–Crippen MR) is 91.3 cm³/mol. The molecule has 0 radical (unpaired) electrons. The fourth-order valence-corrected chi connectivity index (χ4v) is 2.70. The molecule has 2 aromatic rings. The molecule has 6 nitrogen and oxygen atoms in total. The summed E-state index contributed by atoms with van der Waals surface area (Å²) in [4.78, 5) is 30.2. The third-order valence-corrected chi connectivity index (χ3v) is 4.06. The van der Waals surface area contributed by atoms with Crippen LogP contribution >= 0.6 is 11.6 Å². The van der Waals surface area contributed by atoms with Crippen LogP contribution in [0.15, 0.2) is 42.6 Å². The zero-order valence-electron chi connectivity index (χ0n) is 13.0. The molecule has 1 aliphatic rings. The second kappa shape index (κ2) is 6.88. The fourth-order valence-electron chi connectivity index (χ4n) is 2.59. The summed E-state index contributed by atoms with van der Waals surface area (Å²) in [5, 5.41) is 3.21. The Morgan fingerprint density at radius 2 is 2.21 bits per heavy atom. The number of aromatic nitrogens is 1. The first-order valence-corrected chi connectivity index (χ1v) is 7.81. The molecule has 1 aromatic carbocycles. The van der Waals surface area contributed by atoms with Crippen molar-refractivity contribution in [2.24, 2.45) is 5.92 Å². The minimum Gasteiger partial charge on any atom is -0.497 e. The number of hydrogen-bond acceptors (Lipinski definition) is 4. The van der Waals surface area contributed by atoms with Gasteiger partial charge in [-0.05, 0) is 24.3 Å². The molecule has 124 valence electrons. The summed E-state index contributed by atoms with van der Waals surface area (Å²) in [6.07, 6.45) is 1.62. The van der Waals surface area contributed by atoms with Crippen molar-refractivity contribution in [1.82, 2.24) is 4.98 Å². The lowest BCUT2D eigenvalue weighted by Gasteiger charge is -2.17. The van der Waals surface area contributed by atoms with Crippen LogP contribution in [0, 0.1) is 5.92 Å². The van der Waals surface area contributed by atoms with E-state index in [1.54, 1.807) is 36.3 Å². The lowest BCUT2D eigenvalue weighted by Crippen LogP contribution is -2.28. The minimum atomic E-state index is -0.429. The van der Waals surface area contributed by atoms with Crippen molar-refractivity contribution in [3.8, 4) is 5.75 Å². The summed E-state index contributed by atoms with van der Waals surface area (Å²) in [5.74, 6) is 0.326. The number of hydrogen-bond donors (Lipinski definition) is 1. The first-order chi connectivity index (χ1) is 11.6. The maximum Gasteiger partial charge on any atom is 0.230 e. The van der Waals surface area contributed by atoms with E-state index in [1.165, 1.54) is 6.20 Å². The Morgan fingerprint density at radius 3 is 2.92 bits per heavy atom. The molecule has 7 heteroatoms. The van der Waals surface area contributed by atoms with Crippen LogP contribution < -0.4 is 15.0 Å². The van der Waals surface area contributed by atoms with Gasteiger partial charge in [0.15, 0.2) is 0 Å². The number of pyridine rings is 1. The second-order valence-corrected chi connectivity index (χ2v) is 5.89. The molecular formula is C17H16ClN3O3. The molecule has 2 heterocycles. The highest BCUT2D eigenvalue weighted by atomic mass is 35.5. The SMILES string of the molecule is COc1cccc(N2C[C@@H](C(=O)Nc3ccc(Cl)cn3)CC2=O)c1. The molecule has 0 saturated carbocycles. The van der Waals surface area contributed by atoms with E-state index < -0.39 is 5.92 Å². The molecule has 1 fully saturated rings. The number of rotatable bonds is 4. The molecule has 0 bridgehead atoms. The molecule has 1 N–H and O–H groups in total. The van der Waals surface area contributed by atoms with Crippen molar-refractivity contribution < 1.29 is 14.3 Å². The van der Waals surface area contributed by atoms with E-state index in [0.29, 0.717) is 23.1 Å². The van der Waals surface area contributed by atoms with Crippen molar-refractivity contribution >= 4 is 34.9 Å². The average molecular weight is 346 g/mol. The van der Waals surface area contributed by atoms with Gasteiger partial charge in [0, 0.05) is 30.9 Å². The fraction of sp³-hybridized carbons (Fsp3) is 0.235. The Kier molecular flexibility index (Phi) is 4.66. The van der Waals surface area contributed by atoms with Gasteiger partial charge in [0.05, 0.1) is 18.1 Å². The van der Waals surface area contributed by atoms with Crippen molar-refractivity contribution in [3.05, 3.63) is 47.6 Å². The summed E-state index contributed by atoms with van der Waals surface area (Å²) in [6, 6.07) is 10.5. The summed E-state index contributed by atoms with van der Waals surface area (Å²) < 4.78 is 5.18. The summed E-state index contributed by atoms with van der Waals surface area (Å²) in [7, 11) is 1.57. The van der Waals surface area contributed by atoms with Gasteiger partial charge in [-0.15, -0.1) is 0 Å². The number of carbonyl (C=O) groups excluding carboxylic acids is 2. The molecule has 0 spiro atoms. The molecule has 1 atom stereocenters. The number of methoxy groups -OCH3 is 1. The summed E-state index contributed by atoms with van der Waals surface area (Å²) in [6.45, 7) is 0.325. The lowest BCUT2D eigenvalue weighted by molar-refractivity contribution is -0.122. The maximum atomic E-state index is 12.4. The van der Waals surface area contributed by atoms with Crippen molar-refractivity contribution in [2.75, 3.05) is 23.9 Å². The van der Waals surface area contributed by atoms with Crippen LogP contribution in [0.3, 0.4) is 0 Å². The van der Waals surface area contributed by atoms with Gasteiger partial charge in [-0.2, -0.15) is 0 Å². The number of nitrogens with one attached hydrogen (secondary N) is 1. The number of anilines is 2. The maximum absolute atomic E-state index is 12.4. The van der Waals surface area contributed by atoms with Crippen LogP contribution in [0.1, 0.15) is 6.42 Å². The van der Waals surface area contributed by atoms with Gasteiger partial charge < -0.3 is 15.0 Å². The number of benzene rings is 1. The average Bonchev–Trinajstić information content (AvgIpc) is 2.99. The highest BCUT2D eigenvalue weighted by molar-refractivity contribution is 6.30. The molecule has 0 aliphatic carbocycles. The van der Waals surface area contributed by atoms with Gasteiger partial charge >= 0.3 is 0 Å². The van der Waals surface area contributed by atoms with Crippen LogP contribution in [0.25, 0.3) is 0 Å². The van der Waals surface area contributed by atoms with E-state index in [0.717, 1.165) is 5.69 Å². The number of amides is 2. The number of ether oxygens (including phenoxy) is 1. The van der Waals surface area contributed by atoms with Crippen LogP contribution in [0.4, 0.5) is 11.5 Å². The quantitative estimate of drug-likeness (QED) is 0.924. The third-order valence-electron chi connectivity index (χ3n) is 3.84. The zero-order chi connectivity index (χ0) is 17.1. The molecule has 2 amide bonds. The van der Waals surface area contributed by atoms with E-state index in [1.807, 2.05) is 12.1 Å². The standard InChI is InChI=1S/C17H16ClN3O3/c1-24-14-4-2-3-13(8-14)21-10-11(7-16(21)22)17(23)20-15-6-5-12(18)9-19-15/h2-6,8-9,11H,7,10H2,1H3,(H,19,20,23)/t11-/m0/s1. The molecule has 3 rings (SSSR count). The molecule has 1 aromatic heterocycles. The lowest BCUT2D eigenvalue weighted by atomic mass is 10.1. The van der Waals surface area contributed by atoms with E-state index in [-0.39, 0.29) is 18.2 Å². The zero-order valence-corrected chi connectivity index (χ0v) is 13.8. The highest BCUT2D eigenvalue weighted by Crippen LogP contribution is 2.28. The van der Waals surface area contributed by atoms with Crippen molar-refractivity contribution in [3.63, 3.8) is 0 Å². The van der Waals surface area contributed by atoms with Gasteiger partial charge in [-0.3, -0.25) is 9.59 Å². The summed E-state index contributed by atoms with van der Waals surface area (Å²) >= 11 is 5.77. The van der Waals surface area contributed by atoms with Crippen LogP contribution in [-0.4, -0.2) is 30.5 Å². The molecule has 1 aliphatic heterocycles. The van der Waals surface area contributed by atoms with E-state index in [2.05, 4.69) is 10.3 Å². The predicted octanol–water partition coefficient (Wildman–Crippen LogP) is 2.74. The second-order valence-electron chi connectivity index (χ2n) is 5.46. The molecule has 24 heavy (non-hydrogen) atoms. The van der Waals surface area contributed by atoms with E-state index >= 15 is 0 Å². The molecular weight excluding hydrogens is 330 g/mol. The largest absolute Gasteiger partial charge is 0.497 e. The van der Waals surface area contributed by atoms with Crippen molar-refractivity contribution in [1.29, 1.82) is 0 Å². The van der Waals surface area contributed by atoms with Gasteiger partial charge in [0.1, 0.15) is 11.6 Å². The van der Waals surface area contributed by atoms with Crippen molar-refractivity contribution in [2.45, 2.75) is 6.42 Å². The van der Waals surface area contributed by atoms with Gasteiger partial charge in [-0.1, -0.05) is 17.7 Å². The van der Waals surface area contributed by atoms with Crippen LogP contribution in [0.5, 0.6) is 5.75 Å². The minimum absolute atomic E-state index is 0.0903. The Morgan fingerprint density at radius 1 is 1.38 bits per heavy atom. The number of carbonyl (C=O) groups is 2. The Balaban J connectivity index is 1.69.